The van der Waals surface area contributed by atoms with E-state index in [1.807, 2.05) is 23.5 Å². The first-order chi connectivity index (χ1) is 28.1. The molecule has 0 radical (unpaired) electrons. The van der Waals surface area contributed by atoms with E-state index in [-0.39, 0.29) is 0 Å². The second-order valence-corrected chi connectivity index (χ2v) is 16.8. The molecule has 0 amide bonds. The second kappa shape index (κ2) is 18.4. The monoisotopic (exact) mass is 788 g/mol. The molecular formula is C49H52N6S2+2. The molecule has 8 rings (SSSR count). The molecule has 2 aliphatic heterocycles. The summed E-state index contributed by atoms with van der Waals surface area (Å²) in [5.74, 6) is 0. The van der Waals surface area contributed by atoms with Gasteiger partial charge < -0.3 is 20.4 Å². The van der Waals surface area contributed by atoms with Gasteiger partial charge in [0.2, 0.25) is 11.0 Å². The Morgan fingerprint density at radius 2 is 1.00 bits per heavy atom. The zero-order valence-electron chi connectivity index (χ0n) is 33.0. The van der Waals surface area contributed by atoms with Gasteiger partial charge in [0.1, 0.15) is 13.1 Å². The molecule has 0 atom stereocenters. The van der Waals surface area contributed by atoms with Crippen LogP contribution in [-0.4, -0.2) is 45.2 Å². The summed E-state index contributed by atoms with van der Waals surface area (Å²) in [6.07, 6.45) is 21.0. The molecule has 57 heavy (non-hydrogen) atoms. The lowest BCUT2D eigenvalue weighted by molar-refractivity contribution is -0.672. The molecule has 288 valence electrons. The van der Waals surface area contributed by atoms with E-state index in [0.717, 1.165) is 58.5 Å². The molecular weight excluding hydrogens is 737 g/mol. The molecule has 2 N–H and O–H groups in total. The molecule has 0 spiro atoms. The molecule has 2 aliphatic rings. The van der Waals surface area contributed by atoms with Crippen LogP contribution in [0.25, 0.3) is 34.0 Å². The van der Waals surface area contributed by atoms with Gasteiger partial charge in [-0.05, 0) is 79.2 Å². The van der Waals surface area contributed by atoms with Gasteiger partial charge in [0, 0.05) is 74.1 Å². The van der Waals surface area contributed by atoms with Crippen LogP contribution in [0.4, 0.5) is 11.4 Å². The number of thioether (sulfide) groups is 2. The summed E-state index contributed by atoms with van der Waals surface area (Å²) in [7, 11) is 4.28. The summed E-state index contributed by atoms with van der Waals surface area (Å²) in [5, 5.41) is 5.03. The van der Waals surface area contributed by atoms with Crippen molar-refractivity contribution in [2.75, 3.05) is 50.1 Å². The number of hydrogen-bond acceptors (Lipinski definition) is 6. The first kappa shape index (κ1) is 38.7. The number of nitrogens with zero attached hydrogens (tertiary/aromatic N) is 5. The fourth-order valence-electron chi connectivity index (χ4n) is 7.88. The van der Waals surface area contributed by atoms with Crippen molar-refractivity contribution in [2.24, 2.45) is 5.73 Å². The van der Waals surface area contributed by atoms with Crippen LogP contribution >= 0.6 is 23.5 Å². The maximum Gasteiger partial charge on any atom is 0.213 e. The van der Waals surface area contributed by atoms with Crippen LogP contribution in [0.1, 0.15) is 30.4 Å². The Bertz CT molecular complexity index is 2320. The maximum absolute atomic E-state index is 6.00. The van der Waals surface area contributed by atoms with E-state index in [0.29, 0.717) is 0 Å². The van der Waals surface area contributed by atoms with Crippen LogP contribution in [0.5, 0.6) is 0 Å². The largest absolute Gasteiger partial charge is 0.338 e. The van der Waals surface area contributed by atoms with E-state index < -0.39 is 0 Å². The van der Waals surface area contributed by atoms with Crippen LogP contribution in [-0.2, 0) is 13.1 Å². The molecule has 0 unspecified atom stereocenters. The standard InChI is InChI=1S/C49H52N6S2/c1-51-44-22-7-9-24-46(44)56-48(51)26-11-16-38-28-36-54(42-20-5-3-18-40(38)42)34-14-32-53(31-13-30-50)33-15-35-55-37-29-39(41-19-4-6-21-43(41)55)17-12-27-49-52(2)45-23-8-10-25-47(45)57-49/h3-12,16-29,36-37H,13-15,30-35,50H2,1-2H3/q+2. The van der Waals surface area contributed by atoms with Gasteiger partial charge in [0.25, 0.3) is 0 Å². The topological polar surface area (TPSA) is 43.5 Å². The lowest BCUT2D eigenvalue weighted by atomic mass is 10.1. The Hall–Kier alpha value is -5.12. The molecule has 4 heterocycles. The van der Waals surface area contributed by atoms with Gasteiger partial charge in [-0.15, -0.1) is 0 Å². The van der Waals surface area contributed by atoms with Crippen molar-refractivity contribution >= 4 is 68.9 Å². The molecule has 8 heteroatoms. The van der Waals surface area contributed by atoms with Gasteiger partial charge in [-0.1, -0.05) is 96.4 Å². The molecule has 6 aromatic rings. The minimum atomic E-state index is 0.719. The van der Waals surface area contributed by atoms with E-state index in [2.05, 4.69) is 196 Å². The van der Waals surface area contributed by atoms with Gasteiger partial charge >= 0.3 is 0 Å². The molecule has 0 fully saturated rings. The summed E-state index contributed by atoms with van der Waals surface area (Å²) < 4.78 is 4.84. The number of hydrogen-bond donors (Lipinski definition) is 1. The Labute approximate surface area is 346 Å². The van der Waals surface area contributed by atoms with E-state index in [4.69, 9.17) is 5.73 Å². The zero-order chi connectivity index (χ0) is 39.0. The molecule has 6 nitrogen and oxygen atoms in total. The number of benzene rings is 4. The van der Waals surface area contributed by atoms with Crippen LogP contribution in [0.15, 0.2) is 166 Å². The van der Waals surface area contributed by atoms with E-state index in [9.17, 15) is 0 Å². The third kappa shape index (κ3) is 8.90. The second-order valence-electron chi connectivity index (χ2n) is 14.6. The number of aromatic nitrogens is 2. The summed E-state index contributed by atoms with van der Waals surface area (Å²) in [6, 6.07) is 39.3. The predicted molar refractivity (Wildman–Crippen MR) is 243 cm³/mol. The first-order valence-corrected chi connectivity index (χ1v) is 21.7. The minimum Gasteiger partial charge on any atom is -0.338 e. The lowest BCUT2D eigenvalue weighted by Gasteiger charge is -2.21. The number of anilines is 2. The smallest absolute Gasteiger partial charge is 0.213 e. The highest BCUT2D eigenvalue weighted by Gasteiger charge is 2.22. The highest BCUT2D eigenvalue weighted by Crippen LogP contribution is 2.45. The van der Waals surface area contributed by atoms with E-state index in [1.54, 1.807) is 0 Å². The molecule has 4 aromatic carbocycles. The normalized spacial score (nSPS) is 15.4. The third-order valence-electron chi connectivity index (χ3n) is 10.9. The average molecular weight is 789 g/mol. The van der Waals surface area contributed by atoms with Crippen LogP contribution < -0.4 is 24.7 Å². The summed E-state index contributed by atoms with van der Waals surface area (Å²) in [4.78, 5) is 9.76. The van der Waals surface area contributed by atoms with E-state index in [1.165, 1.54) is 64.2 Å². The summed E-state index contributed by atoms with van der Waals surface area (Å²) in [6.45, 7) is 5.79. The Morgan fingerprint density at radius 3 is 1.47 bits per heavy atom. The molecule has 0 saturated heterocycles. The number of fused-ring (bicyclic) bond motifs is 4. The summed E-state index contributed by atoms with van der Waals surface area (Å²) >= 11 is 3.65. The fraction of sp³-hybridized carbons (Fsp3) is 0.224. The number of nitrogens with two attached hydrogens (primary N) is 1. The van der Waals surface area contributed by atoms with Gasteiger partial charge in [0.15, 0.2) is 12.4 Å². The highest BCUT2D eigenvalue weighted by atomic mass is 32.2. The van der Waals surface area contributed by atoms with Crippen molar-refractivity contribution in [2.45, 2.75) is 42.1 Å². The molecule has 2 aromatic heterocycles. The first-order valence-electron chi connectivity index (χ1n) is 20.1. The third-order valence-corrected chi connectivity index (χ3v) is 13.3. The highest BCUT2D eigenvalue weighted by molar-refractivity contribution is 8.04. The predicted octanol–water partition coefficient (Wildman–Crippen LogP) is 9.89. The SMILES string of the molecule is CN1C(=CC=Cc2cc[n+](CCCN(CCCN)CCC[n+]3ccc(C=CC=C4Sc5ccccc5N4C)c4ccccc43)c3ccccc23)Sc2ccccc21. The average Bonchev–Trinajstić information content (AvgIpc) is 3.75. The number of pyridine rings is 2. The number of allylic oxidation sites excluding steroid dienone is 4. The van der Waals surface area contributed by atoms with Crippen LogP contribution in [0.3, 0.4) is 0 Å². The van der Waals surface area contributed by atoms with Gasteiger partial charge in [0.05, 0.1) is 32.2 Å². The molecule has 0 saturated carbocycles. The Balaban J connectivity index is 0.881. The van der Waals surface area contributed by atoms with Crippen molar-refractivity contribution in [1.82, 2.24) is 4.90 Å². The minimum absolute atomic E-state index is 0.719. The Kier molecular flexibility index (Phi) is 12.5. The van der Waals surface area contributed by atoms with Crippen molar-refractivity contribution in [3.8, 4) is 0 Å². The van der Waals surface area contributed by atoms with Crippen LogP contribution in [0.2, 0.25) is 0 Å². The quantitative estimate of drug-likeness (QED) is 0.105. The Morgan fingerprint density at radius 1 is 0.561 bits per heavy atom. The van der Waals surface area contributed by atoms with Crippen molar-refractivity contribution < 1.29 is 9.13 Å². The van der Waals surface area contributed by atoms with Crippen molar-refractivity contribution in [3.05, 3.63) is 167 Å². The molecule has 0 bridgehead atoms. The van der Waals surface area contributed by atoms with Gasteiger partial charge in [-0.3, -0.25) is 0 Å². The number of para-hydroxylation sites is 4. The molecule has 0 aliphatic carbocycles. The zero-order valence-corrected chi connectivity index (χ0v) is 34.6. The van der Waals surface area contributed by atoms with Crippen LogP contribution in [0, 0.1) is 0 Å². The van der Waals surface area contributed by atoms with Gasteiger partial charge in [-0.25, -0.2) is 0 Å². The summed E-state index contributed by atoms with van der Waals surface area (Å²) in [5.41, 5.74) is 13.6. The van der Waals surface area contributed by atoms with Gasteiger partial charge in [-0.2, -0.15) is 9.13 Å². The number of rotatable bonds is 15. The van der Waals surface area contributed by atoms with E-state index >= 15 is 0 Å². The fourth-order valence-corrected chi connectivity index (χ4v) is 10.0. The van der Waals surface area contributed by atoms with Crippen molar-refractivity contribution in [3.63, 3.8) is 0 Å². The van der Waals surface area contributed by atoms with Crippen molar-refractivity contribution in [1.29, 1.82) is 0 Å². The lowest BCUT2D eigenvalue weighted by Crippen LogP contribution is -2.39. The number of aryl methyl sites for hydroxylation is 2. The maximum atomic E-state index is 6.00.